The predicted octanol–water partition coefficient (Wildman–Crippen LogP) is 11.1. The highest BCUT2D eigenvalue weighted by Crippen LogP contribution is 2.36. The molecule has 0 atom stereocenters. The van der Waals surface area contributed by atoms with E-state index in [0.717, 1.165) is 27.8 Å². The number of aliphatic hydroxyl groups is 1. The van der Waals surface area contributed by atoms with Crippen LogP contribution >= 0.6 is 0 Å². The van der Waals surface area contributed by atoms with Crippen LogP contribution in [0.1, 0.15) is 11.1 Å². The van der Waals surface area contributed by atoms with Gasteiger partial charge in [0.1, 0.15) is 0 Å². The van der Waals surface area contributed by atoms with Gasteiger partial charge in [-0.2, -0.15) is 0 Å². The third-order valence-electron chi connectivity index (χ3n) is 8.41. The lowest BCUT2D eigenvalue weighted by Crippen LogP contribution is -1.88. The summed E-state index contributed by atoms with van der Waals surface area (Å²) < 4.78 is 0. The van der Waals surface area contributed by atoms with E-state index in [9.17, 15) is 5.11 Å². The van der Waals surface area contributed by atoms with E-state index in [1.807, 2.05) is 18.2 Å². The summed E-state index contributed by atoms with van der Waals surface area (Å²) in [6, 6.07) is 51.4. The van der Waals surface area contributed by atoms with Gasteiger partial charge in [0.25, 0.3) is 0 Å². The lowest BCUT2D eigenvalue weighted by molar-refractivity contribution is 0.343. The molecule has 0 radical (unpaired) electrons. The monoisotopic (exact) mass is 564 g/mol. The van der Waals surface area contributed by atoms with Gasteiger partial charge in [0.2, 0.25) is 0 Å². The van der Waals surface area contributed by atoms with Gasteiger partial charge in [0, 0.05) is 0 Å². The summed E-state index contributed by atoms with van der Waals surface area (Å²) in [6.45, 7) is 4.34. The van der Waals surface area contributed by atoms with E-state index in [-0.39, 0.29) is 6.61 Å². The minimum Gasteiger partial charge on any atom is -0.392 e. The molecule has 1 heteroatoms. The number of fused-ring (bicyclic) bond motifs is 6. The lowest BCUT2D eigenvalue weighted by Gasteiger charge is -2.12. The maximum absolute atomic E-state index is 9.93. The second-order valence-electron chi connectivity index (χ2n) is 11.1. The molecule has 0 fully saturated rings. The van der Waals surface area contributed by atoms with Gasteiger partial charge >= 0.3 is 0 Å². The molecule has 0 aliphatic heterocycles. The van der Waals surface area contributed by atoms with Crippen LogP contribution in [0.5, 0.6) is 0 Å². The lowest BCUT2D eigenvalue weighted by atomic mass is 9.91. The van der Waals surface area contributed by atoms with Gasteiger partial charge in [-0.25, -0.2) is 0 Å². The van der Waals surface area contributed by atoms with Crippen LogP contribution in [-0.4, -0.2) is 11.7 Å². The zero-order valence-corrected chi connectivity index (χ0v) is 24.4. The van der Waals surface area contributed by atoms with Crippen molar-refractivity contribution < 1.29 is 5.11 Å². The third kappa shape index (κ3) is 5.26. The minimum atomic E-state index is -0.0445. The van der Waals surface area contributed by atoms with E-state index < -0.39 is 0 Å². The van der Waals surface area contributed by atoms with E-state index in [2.05, 4.69) is 152 Å². The number of aliphatic hydroxyl groups excluding tert-OH is 1. The average Bonchev–Trinajstić information content (AvgIpc) is 3.10. The molecular formula is C43H32O. The molecule has 0 aliphatic rings. The van der Waals surface area contributed by atoms with Crippen molar-refractivity contribution in [3.05, 3.63) is 182 Å². The first-order valence-corrected chi connectivity index (χ1v) is 15.0. The third-order valence-corrected chi connectivity index (χ3v) is 8.41. The molecule has 0 saturated carbocycles. The van der Waals surface area contributed by atoms with Crippen LogP contribution in [0.3, 0.4) is 0 Å². The van der Waals surface area contributed by atoms with Crippen LogP contribution in [0.4, 0.5) is 0 Å². The van der Waals surface area contributed by atoms with Gasteiger partial charge in [-0.3, -0.25) is 0 Å². The average molecular weight is 565 g/mol. The van der Waals surface area contributed by atoms with Crippen molar-refractivity contribution in [1.29, 1.82) is 0 Å². The Morgan fingerprint density at radius 1 is 0.455 bits per heavy atom. The molecule has 0 bridgehead atoms. The van der Waals surface area contributed by atoms with E-state index in [1.165, 1.54) is 49.0 Å². The van der Waals surface area contributed by atoms with Crippen molar-refractivity contribution in [1.82, 2.24) is 0 Å². The molecule has 7 aromatic rings. The molecule has 210 valence electrons. The summed E-state index contributed by atoms with van der Waals surface area (Å²) in [5.41, 5.74) is 8.72. The van der Waals surface area contributed by atoms with Crippen LogP contribution < -0.4 is 0 Å². The van der Waals surface area contributed by atoms with Crippen molar-refractivity contribution in [2.24, 2.45) is 0 Å². The summed E-state index contributed by atoms with van der Waals surface area (Å²) >= 11 is 0. The molecule has 0 heterocycles. The molecule has 0 aliphatic carbocycles. The highest BCUT2D eigenvalue weighted by molar-refractivity contribution is 6.25. The number of allylic oxidation sites excluding steroid dienone is 4. The first kappa shape index (κ1) is 27.3. The molecule has 0 spiro atoms. The highest BCUT2D eigenvalue weighted by Gasteiger charge is 2.10. The van der Waals surface area contributed by atoms with E-state index in [1.54, 1.807) is 0 Å². The Morgan fingerprint density at radius 3 is 1.61 bits per heavy atom. The minimum absolute atomic E-state index is 0.0445. The van der Waals surface area contributed by atoms with Crippen LogP contribution in [0.15, 0.2) is 170 Å². The van der Waals surface area contributed by atoms with E-state index >= 15 is 0 Å². The SMILES string of the molecule is C=C(/C=C\C(=C/CO)c1ccc2c3ccccc3c3ccccc3c2c1)c1cccc(-c2ccc(-c3ccccc3)cc2)c1. The van der Waals surface area contributed by atoms with Gasteiger partial charge in [0.15, 0.2) is 0 Å². The van der Waals surface area contributed by atoms with Crippen molar-refractivity contribution in [3.8, 4) is 22.3 Å². The number of rotatable bonds is 7. The summed E-state index contributed by atoms with van der Waals surface area (Å²) in [6.07, 6.45) is 5.96. The fourth-order valence-electron chi connectivity index (χ4n) is 6.14. The zero-order chi connectivity index (χ0) is 29.9. The molecular weight excluding hydrogens is 532 g/mol. The topological polar surface area (TPSA) is 20.2 Å². The second kappa shape index (κ2) is 12.0. The largest absolute Gasteiger partial charge is 0.392 e. The Hall–Kier alpha value is -5.50. The Balaban J connectivity index is 1.19. The zero-order valence-electron chi connectivity index (χ0n) is 24.4. The molecule has 1 N–H and O–H groups in total. The van der Waals surface area contributed by atoms with Gasteiger partial charge in [-0.1, -0.05) is 158 Å². The maximum atomic E-state index is 9.93. The summed E-state index contributed by atoms with van der Waals surface area (Å²) in [7, 11) is 0. The van der Waals surface area contributed by atoms with Gasteiger partial charge < -0.3 is 5.11 Å². The summed E-state index contributed by atoms with van der Waals surface area (Å²) in [4.78, 5) is 0. The van der Waals surface area contributed by atoms with Gasteiger partial charge in [-0.15, -0.1) is 0 Å². The molecule has 0 aromatic heterocycles. The Morgan fingerprint density at radius 2 is 0.977 bits per heavy atom. The highest BCUT2D eigenvalue weighted by atomic mass is 16.2. The summed E-state index contributed by atoms with van der Waals surface area (Å²) in [5, 5.41) is 17.4. The smallest absolute Gasteiger partial charge is 0.0621 e. The van der Waals surface area contributed by atoms with Crippen LogP contribution in [-0.2, 0) is 0 Å². The second-order valence-corrected chi connectivity index (χ2v) is 11.1. The molecule has 7 aromatic carbocycles. The molecule has 0 unspecified atom stereocenters. The molecule has 44 heavy (non-hydrogen) atoms. The van der Waals surface area contributed by atoms with Crippen molar-refractivity contribution in [2.75, 3.05) is 6.61 Å². The first-order valence-electron chi connectivity index (χ1n) is 15.0. The molecule has 0 amide bonds. The van der Waals surface area contributed by atoms with Gasteiger partial charge in [-0.05, 0) is 89.0 Å². The van der Waals surface area contributed by atoms with E-state index in [4.69, 9.17) is 0 Å². The van der Waals surface area contributed by atoms with E-state index in [0.29, 0.717) is 0 Å². The first-order chi connectivity index (χ1) is 21.7. The number of benzene rings is 7. The fourth-order valence-corrected chi connectivity index (χ4v) is 6.14. The quantitative estimate of drug-likeness (QED) is 0.151. The maximum Gasteiger partial charge on any atom is 0.0621 e. The normalized spacial score (nSPS) is 12.0. The molecule has 0 saturated heterocycles. The predicted molar refractivity (Wildman–Crippen MR) is 190 cm³/mol. The van der Waals surface area contributed by atoms with Crippen LogP contribution in [0.25, 0.3) is 65.7 Å². The standard InChI is InChI=1S/C43H32O/c1-30(35-12-9-13-36(28-35)33-22-20-32(21-23-33)31-10-3-2-4-11-31)18-19-34(26-27-44)37-24-25-42-40-16-6-5-14-38(40)39-15-7-8-17-41(39)43(42)29-37/h2-26,28-29,44H,1,27H2/b19-18-,34-26+. The van der Waals surface area contributed by atoms with Crippen LogP contribution in [0, 0.1) is 0 Å². The Kier molecular flexibility index (Phi) is 7.46. The molecule has 1 nitrogen and oxygen atoms in total. The number of hydrogen-bond acceptors (Lipinski definition) is 1. The Labute approximate surface area is 258 Å². The summed E-state index contributed by atoms with van der Waals surface area (Å²) in [5.74, 6) is 0. The van der Waals surface area contributed by atoms with Crippen molar-refractivity contribution in [2.45, 2.75) is 0 Å². The van der Waals surface area contributed by atoms with Crippen LogP contribution in [0.2, 0.25) is 0 Å². The van der Waals surface area contributed by atoms with Gasteiger partial charge in [0.05, 0.1) is 6.61 Å². The van der Waals surface area contributed by atoms with Crippen molar-refractivity contribution >= 4 is 43.5 Å². The Bertz CT molecular complexity index is 2160. The molecule has 7 rings (SSSR count). The fraction of sp³-hybridized carbons (Fsp3) is 0.0233. The van der Waals surface area contributed by atoms with Crippen molar-refractivity contribution in [3.63, 3.8) is 0 Å². The number of hydrogen-bond donors (Lipinski definition) is 1.